The lowest BCUT2D eigenvalue weighted by Gasteiger charge is -2.48. The highest BCUT2D eigenvalue weighted by Crippen LogP contribution is 2.44. The first-order valence-electron chi connectivity index (χ1n) is 35.8. The highest BCUT2D eigenvalue weighted by molar-refractivity contribution is 7.52. The molecule has 27 nitrogen and oxygen atoms in total. The van der Waals surface area contributed by atoms with Crippen LogP contribution in [0.1, 0.15) is 219 Å². The van der Waals surface area contributed by atoms with Gasteiger partial charge in [0, 0.05) is 45.4 Å². The maximum Gasteiger partial charge on any atom is 0.327 e. The van der Waals surface area contributed by atoms with Crippen molar-refractivity contribution in [3.63, 3.8) is 0 Å². The Labute approximate surface area is 569 Å². The van der Waals surface area contributed by atoms with Crippen LogP contribution in [-0.4, -0.2) is 239 Å². The van der Waals surface area contributed by atoms with Gasteiger partial charge in [-0.2, -0.15) is 0 Å². The summed E-state index contributed by atoms with van der Waals surface area (Å²) in [5, 5.41) is 110. The van der Waals surface area contributed by atoms with Gasteiger partial charge in [0.15, 0.2) is 25.0 Å². The number of esters is 2. The molecule has 560 valence electrons. The summed E-state index contributed by atoms with van der Waals surface area (Å²) in [7, 11) is -3.73. The SMILES string of the molecule is CCCCCCCC/C=C/CCCCCCCC(=O)OC[C@@H](COP(C)(=O)OCCNC(=O)CCCCC(=O)NCCO[C@@H]1OC(CO)[C@@H](O[C@@H]2OC(CO)[C@H](O[C@H]3OC(CO)[C@H](O)[C@H](O)C3O)[C@H](O)C2O)[C@H](O)C1O)OC(=O)CCCCCCC/C=C/CCCCCCCC. The molecule has 3 rings (SSSR count). The van der Waals surface area contributed by atoms with Gasteiger partial charge < -0.3 is 109 Å². The summed E-state index contributed by atoms with van der Waals surface area (Å²) in [6, 6.07) is 0. The number of amides is 2. The summed E-state index contributed by atoms with van der Waals surface area (Å²) >= 11 is 0. The Morgan fingerprint density at radius 3 is 1.29 bits per heavy atom. The van der Waals surface area contributed by atoms with E-state index in [0.29, 0.717) is 25.7 Å². The van der Waals surface area contributed by atoms with E-state index in [1.807, 2.05) is 0 Å². The molecule has 3 fully saturated rings. The molecule has 0 aromatic carbocycles. The van der Waals surface area contributed by atoms with Gasteiger partial charge in [-0.25, -0.2) is 0 Å². The van der Waals surface area contributed by atoms with Crippen LogP contribution in [0.2, 0.25) is 0 Å². The minimum atomic E-state index is -3.73. The van der Waals surface area contributed by atoms with Crippen LogP contribution >= 0.6 is 7.60 Å². The second-order valence-electron chi connectivity index (χ2n) is 25.5. The topological polar surface area (TPSA) is 404 Å². The highest BCUT2D eigenvalue weighted by Gasteiger charge is 2.53. The fourth-order valence-electron chi connectivity index (χ4n) is 11.3. The Bertz CT molecular complexity index is 2150. The molecule has 0 aromatic heterocycles. The number of rotatable bonds is 56. The normalized spacial score (nSPS) is 27.2. The standard InChI is InChI=1S/C68H123N2O25P/c1-4-6-8-10-12-14-16-18-20-22-24-26-28-30-32-38-55(76)87-47-49(90-56(77)39-33-31-29-27-25-23-21-19-17-15-13-11-9-7-5-2)48-89-96(3,85)88-43-41-70-54(75)37-35-34-36-53(74)69-40-42-86-66-62(83)59(80)64(51(45-72)92-66)95-68-63(84)60(81)65(52(46-73)93-68)94-67-61(82)58(79)57(78)50(44-71)91-67/h18-21,49-52,57-68,71-73,78-84H,4-17,22-48H2,1-3H3,(H,69,74)(H,70,75)/b20-18+,21-19+/t49-,50?,51?,52?,57-,58-,59+,60+,61?,62?,63?,64+,65-,66+,67+,68-,96?/m0/s1. The first-order chi connectivity index (χ1) is 46.3. The highest BCUT2D eigenvalue weighted by atomic mass is 31.2. The van der Waals surface area contributed by atoms with Crippen LogP contribution in [0.4, 0.5) is 0 Å². The minimum absolute atomic E-state index is 0.00501. The molecule has 0 bridgehead atoms. The van der Waals surface area contributed by atoms with Crippen LogP contribution in [0.15, 0.2) is 24.3 Å². The average molecular weight is 1400 g/mol. The lowest BCUT2D eigenvalue weighted by atomic mass is 9.96. The van der Waals surface area contributed by atoms with E-state index in [1.54, 1.807) is 0 Å². The predicted molar refractivity (Wildman–Crippen MR) is 355 cm³/mol. The van der Waals surface area contributed by atoms with Crippen molar-refractivity contribution in [2.75, 3.05) is 66.0 Å². The fourth-order valence-corrected chi connectivity index (χ4v) is 12.2. The molecule has 17 atom stereocenters. The summed E-state index contributed by atoms with van der Waals surface area (Å²) in [4.78, 5) is 51.0. The van der Waals surface area contributed by atoms with E-state index < -0.39 is 138 Å². The number of carbonyl (C=O) groups is 4. The quantitative estimate of drug-likeness (QED) is 0.0152. The molecule has 96 heavy (non-hydrogen) atoms. The van der Waals surface area contributed by atoms with Gasteiger partial charge in [-0.15, -0.1) is 0 Å². The van der Waals surface area contributed by atoms with E-state index in [-0.39, 0.29) is 77.0 Å². The Kier molecular flexibility index (Phi) is 47.9. The van der Waals surface area contributed by atoms with Gasteiger partial charge in [-0.1, -0.05) is 141 Å². The number of ether oxygens (including phenoxy) is 8. The summed E-state index contributed by atoms with van der Waals surface area (Å²) in [5.74, 6) is -1.62. The van der Waals surface area contributed by atoms with Crippen LogP contribution in [-0.2, 0) is 70.7 Å². The molecule has 0 saturated carbocycles. The zero-order chi connectivity index (χ0) is 70.4. The molecule has 3 heterocycles. The number of allylic oxidation sites excluding steroid dienone is 4. The molecule has 0 radical (unpaired) electrons. The molecule has 2 amide bonds. The molecule has 7 unspecified atom stereocenters. The second-order valence-corrected chi connectivity index (χ2v) is 27.5. The van der Waals surface area contributed by atoms with Gasteiger partial charge in [0.05, 0.1) is 39.6 Å². The summed E-state index contributed by atoms with van der Waals surface area (Å²) in [6.45, 7) is 2.16. The van der Waals surface area contributed by atoms with E-state index in [0.717, 1.165) is 77.0 Å². The first kappa shape index (κ1) is 87.1. The number of carbonyl (C=O) groups excluding carboxylic acids is 4. The third-order valence-corrected chi connectivity index (χ3v) is 18.4. The molecule has 3 saturated heterocycles. The van der Waals surface area contributed by atoms with Gasteiger partial charge in [0.2, 0.25) is 11.8 Å². The van der Waals surface area contributed by atoms with Crippen molar-refractivity contribution in [1.82, 2.24) is 10.6 Å². The minimum Gasteiger partial charge on any atom is -0.462 e. The predicted octanol–water partition coefficient (Wildman–Crippen LogP) is 5.63. The maximum atomic E-state index is 13.3. The van der Waals surface area contributed by atoms with Crippen molar-refractivity contribution in [2.45, 2.75) is 318 Å². The van der Waals surface area contributed by atoms with E-state index >= 15 is 0 Å². The maximum absolute atomic E-state index is 13.3. The second kappa shape index (κ2) is 52.8. The van der Waals surface area contributed by atoms with Crippen LogP contribution in [0.5, 0.6) is 0 Å². The lowest BCUT2D eigenvalue weighted by molar-refractivity contribution is -0.379. The Balaban J connectivity index is 1.33. The first-order valence-corrected chi connectivity index (χ1v) is 37.8. The molecule has 0 spiro atoms. The Morgan fingerprint density at radius 2 is 0.823 bits per heavy atom. The summed E-state index contributed by atoms with van der Waals surface area (Å²) < 4.78 is 69.0. The van der Waals surface area contributed by atoms with Gasteiger partial charge >= 0.3 is 19.5 Å². The van der Waals surface area contributed by atoms with Crippen molar-refractivity contribution in [3.8, 4) is 0 Å². The van der Waals surface area contributed by atoms with Crippen LogP contribution in [0.3, 0.4) is 0 Å². The number of aliphatic hydroxyl groups excluding tert-OH is 10. The van der Waals surface area contributed by atoms with Gasteiger partial charge in [-0.3, -0.25) is 23.7 Å². The lowest BCUT2D eigenvalue weighted by Crippen LogP contribution is -2.66. The molecule has 0 aliphatic carbocycles. The number of hydrogen-bond donors (Lipinski definition) is 12. The van der Waals surface area contributed by atoms with Crippen LogP contribution in [0.25, 0.3) is 0 Å². The number of unbranched alkanes of at least 4 members (excludes halogenated alkanes) is 23. The fraction of sp³-hybridized carbons (Fsp3) is 0.882. The van der Waals surface area contributed by atoms with Crippen molar-refractivity contribution in [3.05, 3.63) is 24.3 Å². The largest absolute Gasteiger partial charge is 0.462 e. The zero-order valence-electron chi connectivity index (χ0n) is 57.6. The van der Waals surface area contributed by atoms with Crippen molar-refractivity contribution in [1.29, 1.82) is 0 Å². The summed E-state index contributed by atoms with van der Waals surface area (Å²) in [5.41, 5.74) is 0. The third kappa shape index (κ3) is 36.5. The van der Waals surface area contributed by atoms with E-state index in [1.165, 1.54) is 83.7 Å². The van der Waals surface area contributed by atoms with Crippen molar-refractivity contribution < 1.29 is 122 Å². The average Bonchev–Trinajstić information content (AvgIpc) is 0.789. The van der Waals surface area contributed by atoms with Crippen molar-refractivity contribution >= 4 is 31.3 Å². The third-order valence-electron chi connectivity index (χ3n) is 17.1. The monoisotopic (exact) mass is 1400 g/mol. The molecule has 0 aromatic rings. The molecule has 3 aliphatic rings. The van der Waals surface area contributed by atoms with E-state index in [9.17, 15) is 74.8 Å². The Morgan fingerprint density at radius 1 is 0.438 bits per heavy atom. The van der Waals surface area contributed by atoms with E-state index in [4.69, 9.17) is 46.9 Å². The zero-order valence-corrected chi connectivity index (χ0v) is 58.5. The smallest absolute Gasteiger partial charge is 0.327 e. The van der Waals surface area contributed by atoms with Crippen LogP contribution < -0.4 is 10.6 Å². The van der Waals surface area contributed by atoms with E-state index in [2.05, 4.69) is 48.8 Å². The van der Waals surface area contributed by atoms with Crippen LogP contribution in [0, 0.1) is 0 Å². The van der Waals surface area contributed by atoms with Gasteiger partial charge in [-0.05, 0) is 77.0 Å². The Hall–Kier alpha value is -3.13. The number of aliphatic hydroxyl groups is 10. The van der Waals surface area contributed by atoms with Crippen molar-refractivity contribution in [2.24, 2.45) is 0 Å². The molecule has 12 N–H and O–H groups in total. The molecule has 28 heteroatoms. The summed E-state index contributed by atoms with van der Waals surface area (Å²) in [6.07, 6.45) is 12.9. The number of nitrogens with one attached hydrogen (secondary N) is 2. The molecular formula is C68H123N2O25P. The molecular weight excluding hydrogens is 1280 g/mol. The molecule has 3 aliphatic heterocycles. The van der Waals surface area contributed by atoms with Gasteiger partial charge in [0.1, 0.15) is 79.9 Å². The van der Waals surface area contributed by atoms with Gasteiger partial charge in [0.25, 0.3) is 0 Å². The number of hydrogen-bond acceptors (Lipinski definition) is 25.